The molecule has 0 spiro atoms. The Hall–Kier alpha value is -3.47. The van der Waals surface area contributed by atoms with Crippen molar-refractivity contribution in [1.82, 2.24) is 4.90 Å². The molecule has 0 saturated carbocycles. The number of hydrogen-bond acceptors (Lipinski definition) is 2. The molecule has 1 amide bonds. The molecule has 5 heteroatoms. The second-order valence-corrected chi connectivity index (χ2v) is 8.08. The van der Waals surface area contributed by atoms with Gasteiger partial charge in [0, 0.05) is 24.9 Å². The van der Waals surface area contributed by atoms with E-state index in [4.69, 9.17) is 4.74 Å². The third-order valence-electron chi connectivity index (χ3n) is 6.15. The Balaban J connectivity index is 1.53. The van der Waals surface area contributed by atoms with Crippen LogP contribution in [0.5, 0.6) is 0 Å². The number of amides is 1. The van der Waals surface area contributed by atoms with E-state index < -0.39 is 11.7 Å². The van der Waals surface area contributed by atoms with E-state index in [9.17, 15) is 13.6 Å². The van der Waals surface area contributed by atoms with Gasteiger partial charge in [-0.15, -0.1) is 6.58 Å². The van der Waals surface area contributed by atoms with Crippen LogP contribution in [0.4, 0.5) is 13.6 Å². The lowest BCUT2D eigenvalue weighted by Crippen LogP contribution is -2.48. The fraction of sp³-hybridized carbons (Fsp3) is 0.222. The van der Waals surface area contributed by atoms with Gasteiger partial charge in [0.15, 0.2) is 0 Å². The minimum atomic E-state index is -1.05. The molecule has 3 aromatic rings. The maximum Gasteiger partial charge on any atom is 0.411 e. The molecule has 32 heavy (non-hydrogen) atoms. The lowest BCUT2D eigenvalue weighted by Gasteiger charge is -2.43. The lowest BCUT2D eigenvalue weighted by molar-refractivity contribution is -0.0606. The minimum Gasteiger partial charge on any atom is -0.437 e. The number of rotatable bonds is 6. The predicted molar refractivity (Wildman–Crippen MR) is 121 cm³/mol. The Labute approximate surface area is 187 Å². The molecule has 3 nitrogen and oxygen atoms in total. The van der Waals surface area contributed by atoms with Crippen LogP contribution in [0.3, 0.4) is 0 Å². The summed E-state index contributed by atoms with van der Waals surface area (Å²) in [6.45, 7) is 6.15. The topological polar surface area (TPSA) is 29.5 Å². The quantitative estimate of drug-likeness (QED) is 0.392. The molecule has 0 bridgehead atoms. The van der Waals surface area contributed by atoms with Gasteiger partial charge >= 0.3 is 6.09 Å². The van der Waals surface area contributed by atoms with E-state index in [2.05, 4.69) is 6.58 Å². The van der Waals surface area contributed by atoms with Gasteiger partial charge in [0.05, 0.1) is 6.04 Å². The third kappa shape index (κ3) is 4.15. The smallest absolute Gasteiger partial charge is 0.411 e. The normalized spacial score (nSPS) is 19.3. The molecule has 1 heterocycles. The number of cyclic esters (lactones) is 1. The molecular formula is C27H25F2NO2. The second-order valence-electron chi connectivity index (χ2n) is 8.08. The Morgan fingerprint density at radius 3 is 2.25 bits per heavy atom. The zero-order valence-electron chi connectivity index (χ0n) is 17.9. The SMILES string of the molecule is C=CCC1(c2ccccc2F)CCN([C@@H](C)c2ccc(-c3ccc(F)cc3)cc2)C(=O)O1. The summed E-state index contributed by atoms with van der Waals surface area (Å²) in [6, 6.07) is 20.3. The molecule has 1 unspecified atom stereocenters. The van der Waals surface area contributed by atoms with Crippen molar-refractivity contribution in [3.63, 3.8) is 0 Å². The highest BCUT2D eigenvalue weighted by atomic mass is 19.1. The molecule has 4 rings (SSSR count). The zero-order valence-corrected chi connectivity index (χ0v) is 17.9. The summed E-state index contributed by atoms with van der Waals surface area (Å²) in [6.07, 6.45) is 1.99. The number of carbonyl (C=O) groups excluding carboxylic acids is 1. The lowest BCUT2D eigenvalue weighted by atomic mass is 9.85. The van der Waals surface area contributed by atoms with Gasteiger partial charge in [-0.3, -0.25) is 0 Å². The van der Waals surface area contributed by atoms with E-state index in [1.807, 2.05) is 31.2 Å². The molecule has 0 radical (unpaired) electrons. The van der Waals surface area contributed by atoms with E-state index in [1.165, 1.54) is 18.2 Å². The maximum absolute atomic E-state index is 14.5. The van der Waals surface area contributed by atoms with Crippen LogP contribution in [0, 0.1) is 11.6 Å². The van der Waals surface area contributed by atoms with Crippen molar-refractivity contribution >= 4 is 6.09 Å². The summed E-state index contributed by atoms with van der Waals surface area (Å²) in [5, 5.41) is 0. The van der Waals surface area contributed by atoms with Crippen LogP contribution in [0.25, 0.3) is 11.1 Å². The Morgan fingerprint density at radius 2 is 1.66 bits per heavy atom. The van der Waals surface area contributed by atoms with E-state index in [1.54, 1.807) is 41.3 Å². The number of nitrogens with zero attached hydrogens (tertiary/aromatic N) is 1. The van der Waals surface area contributed by atoms with Crippen LogP contribution in [0.1, 0.15) is 36.9 Å². The van der Waals surface area contributed by atoms with Crippen LogP contribution in [0.2, 0.25) is 0 Å². The molecule has 3 aromatic carbocycles. The van der Waals surface area contributed by atoms with Crippen molar-refractivity contribution in [2.24, 2.45) is 0 Å². The van der Waals surface area contributed by atoms with Crippen LogP contribution < -0.4 is 0 Å². The first-order valence-electron chi connectivity index (χ1n) is 10.6. The first-order chi connectivity index (χ1) is 15.4. The molecule has 1 aliphatic heterocycles. The van der Waals surface area contributed by atoms with Crippen molar-refractivity contribution in [2.45, 2.75) is 31.4 Å². The number of carbonyl (C=O) groups is 1. The van der Waals surface area contributed by atoms with Crippen molar-refractivity contribution in [2.75, 3.05) is 6.54 Å². The standard InChI is InChI=1S/C27H25F2NO2/c1-3-16-27(24-6-4-5-7-25(24)29)17-18-30(26(31)32-27)19(2)20-8-10-21(11-9-20)22-12-14-23(28)15-13-22/h3-15,19H,1,16-18H2,2H3/t19-,27?/m0/s1. The monoisotopic (exact) mass is 433 g/mol. The summed E-state index contributed by atoms with van der Waals surface area (Å²) in [7, 11) is 0. The largest absolute Gasteiger partial charge is 0.437 e. The average molecular weight is 433 g/mol. The highest BCUT2D eigenvalue weighted by Crippen LogP contribution is 2.41. The summed E-state index contributed by atoms with van der Waals surface area (Å²) < 4.78 is 33.6. The fourth-order valence-electron chi connectivity index (χ4n) is 4.30. The van der Waals surface area contributed by atoms with Crippen LogP contribution in [-0.2, 0) is 10.3 Å². The van der Waals surface area contributed by atoms with E-state index >= 15 is 0 Å². The molecule has 0 aromatic heterocycles. The second kappa shape index (κ2) is 8.95. The molecule has 0 aliphatic carbocycles. The fourth-order valence-corrected chi connectivity index (χ4v) is 4.30. The maximum atomic E-state index is 14.5. The van der Waals surface area contributed by atoms with Crippen LogP contribution in [-0.4, -0.2) is 17.5 Å². The molecular weight excluding hydrogens is 408 g/mol. The number of ether oxygens (including phenoxy) is 1. The van der Waals surface area contributed by atoms with Gasteiger partial charge < -0.3 is 9.64 Å². The van der Waals surface area contributed by atoms with E-state index in [-0.39, 0.29) is 17.7 Å². The van der Waals surface area contributed by atoms with Crippen LogP contribution >= 0.6 is 0 Å². The van der Waals surface area contributed by atoms with Crippen molar-refractivity contribution in [1.29, 1.82) is 0 Å². The van der Waals surface area contributed by atoms with Gasteiger partial charge in [-0.1, -0.05) is 60.7 Å². The Bertz CT molecular complexity index is 1110. The molecule has 1 fully saturated rings. The highest BCUT2D eigenvalue weighted by Gasteiger charge is 2.44. The van der Waals surface area contributed by atoms with Gasteiger partial charge in [0.25, 0.3) is 0 Å². The Morgan fingerprint density at radius 1 is 1.03 bits per heavy atom. The average Bonchev–Trinajstić information content (AvgIpc) is 2.80. The number of benzene rings is 3. The van der Waals surface area contributed by atoms with Crippen molar-refractivity contribution in [3.05, 3.63) is 108 Å². The summed E-state index contributed by atoms with van der Waals surface area (Å²) in [5.74, 6) is -0.662. The van der Waals surface area contributed by atoms with Gasteiger partial charge in [-0.05, 0) is 41.8 Å². The third-order valence-corrected chi connectivity index (χ3v) is 6.15. The van der Waals surface area contributed by atoms with Gasteiger partial charge in [-0.2, -0.15) is 0 Å². The highest BCUT2D eigenvalue weighted by molar-refractivity contribution is 5.70. The van der Waals surface area contributed by atoms with E-state index in [0.29, 0.717) is 24.9 Å². The molecule has 2 atom stereocenters. The number of hydrogen-bond donors (Lipinski definition) is 0. The van der Waals surface area contributed by atoms with Crippen molar-refractivity contribution in [3.8, 4) is 11.1 Å². The minimum absolute atomic E-state index is 0.216. The summed E-state index contributed by atoms with van der Waals surface area (Å²) >= 11 is 0. The zero-order chi connectivity index (χ0) is 22.7. The first kappa shape index (κ1) is 21.8. The summed E-state index contributed by atoms with van der Waals surface area (Å²) in [4.78, 5) is 14.7. The molecule has 1 aliphatic rings. The molecule has 164 valence electrons. The van der Waals surface area contributed by atoms with E-state index in [0.717, 1.165) is 16.7 Å². The molecule has 0 N–H and O–H groups in total. The summed E-state index contributed by atoms with van der Waals surface area (Å²) in [5.41, 5.74) is 2.17. The van der Waals surface area contributed by atoms with Gasteiger partial charge in [0.1, 0.15) is 17.2 Å². The number of halogens is 2. The van der Waals surface area contributed by atoms with Gasteiger partial charge in [-0.25, -0.2) is 13.6 Å². The predicted octanol–water partition coefficient (Wildman–Crippen LogP) is 7.01. The Kier molecular flexibility index (Phi) is 6.08. The van der Waals surface area contributed by atoms with Crippen LogP contribution in [0.15, 0.2) is 85.5 Å². The molecule has 1 saturated heterocycles. The van der Waals surface area contributed by atoms with Crippen molar-refractivity contribution < 1.29 is 18.3 Å². The first-order valence-corrected chi connectivity index (χ1v) is 10.6. The van der Waals surface area contributed by atoms with Gasteiger partial charge in [0.2, 0.25) is 0 Å².